The van der Waals surface area contributed by atoms with Crippen LogP contribution in [0.5, 0.6) is 0 Å². The van der Waals surface area contributed by atoms with Crippen LogP contribution in [-0.4, -0.2) is 55.0 Å². The van der Waals surface area contributed by atoms with Crippen LogP contribution in [0.1, 0.15) is 41.3 Å². The van der Waals surface area contributed by atoms with Crippen molar-refractivity contribution in [2.24, 2.45) is 5.92 Å². The van der Waals surface area contributed by atoms with Gasteiger partial charge >= 0.3 is 12.4 Å². The van der Waals surface area contributed by atoms with Crippen molar-refractivity contribution in [2.75, 3.05) is 23.9 Å². The Labute approximate surface area is 210 Å². The largest absolute Gasteiger partial charge is 0.416 e. The van der Waals surface area contributed by atoms with E-state index in [9.17, 15) is 39.6 Å². The normalized spacial score (nSPS) is 20.8. The molecule has 0 spiro atoms. The molecule has 1 saturated heterocycles. The number of benzene rings is 1. The number of sulfone groups is 1. The van der Waals surface area contributed by atoms with Gasteiger partial charge in [0.25, 0.3) is 0 Å². The smallest absolute Gasteiger partial charge is 0.380 e. The highest BCUT2D eigenvalue weighted by Gasteiger charge is 2.47. The summed E-state index contributed by atoms with van der Waals surface area (Å²) in [5, 5.41) is 3.03. The molecule has 6 nitrogen and oxygen atoms in total. The molecular weight excluding hydrogens is 524 g/mol. The molecule has 2 unspecified atom stereocenters. The number of fused-ring (bicyclic) bond motifs is 1. The third-order valence-electron chi connectivity index (χ3n) is 6.88. The molecule has 1 aliphatic heterocycles. The van der Waals surface area contributed by atoms with Crippen LogP contribution < -0.4 is 5.32 Å². The Kier molecular flexibility index (Phi) is 7.21. The van der Waals surface area contributed by atoms with E-state index >= 15 is 0 Å². The lowest BCUT2D eigenvalue weighted by atomic mass is 9.99. The van der Waals surface area contributed by atoms with E-state index in [0.717, 1.165) is 25.4 Å². The first-order chi connectivity index (χ1) is 17.2. The number of anilines is 1. The summed E-state index contributed by atoms with van der Waals surface area (Å²) >= 11 is 0. The zero-order valence-electron chi connectivity index (χ0n) is 19.7. The molecule has 2 heterocycles. The van der Waals surface area contributed by atoms with Gasteiger partial charge in [-0.25, -0.2) is 8.42 Å². The summed E-state index contributed by atoms with van der Waals surface area (Å²) in [7, 11) is -2.27. The van der Waals surface area contributed by atoms with Crippen molar-refractivity contribution in [1.29, 1.82) is 0 Å². The Balaban J connectivity index is 1.47. The van der Waals surface area contributed by atoms with E-state index in [-0.39, 0.29) is 36.3 Å². The molecule has 1 aromatic heterocycles. The quantitative estimate of drug-likeness (QED) is 0.553. The first-order valence-corrected chi connectivity index (χ1v) is 13.4. The Morgan fingerprint density at radius 1 is 1.05 bits per heavy atom. The van der Waals surface area contributed by atoms with Gasteiger partial charge in [0.05, 0.1) is 34.6 Å². The third kappa shape index (κ3) is 6.02. The Hall–Kier alpha value is -2.83. The Morgan fingerprint density at radius 2 is 1.73 bits per heavy atom. The van der Waals surface area contributed by atoms with Gasteiger partial charge in [-0.3, -0.25) is 9.78 Å². The van der Waals surface area contributed by atoms with Gasteiger partial charge in [0.2, 0.25) is 5.91 Å². The van der Waals surface area contributed by atoms with Gasteiger partial charge < -0.3 is 10.2 Å². The topological polar surface area (TPSA) is 79.4 Å². The molecule has 0 radical (unpaired) electrons. The van der Waals surface area contributed by atoms with Crippen LogP contribution in [0.3, 0.4) is 0 Å². The summed E-state index contributed by atoms with van der Waals surface area (Å²) in [6.45, 7) is 0. The van der Waals surface area contributed by atoms with Crippen molar-refractivity contribution < 1.29 is 39.6 Å². The highest BCUT2D eigenvalue weighted by Crippen LogP contribution is 2.39. The molecule has 202 valence electrons. The second-order valence-corrected chi connectivity index (χ2v) is 11.8. The monoisotopic (exact) mass is 549 g/mol. The fourth-order valence-electron chi connectivity index (χ4n) is 5.04. The number of nitrogens with one attached hydrogen (secondary N) is 1. The summed E-state index contributed by atoms with van der Waals surface area (Å²) in [5.74, 6) is -2.13. The molecule has 37 heavy (non-hydrogen) atoms. The lowest BCUT2D eigenvalue weighted by Crippen LogP contribution is -2.44. The van der Waals surface area contributed by atoms with Crippen molar-refractivity contribution >= 4 is 21.4 Å². The minimum Gasteiger partial charge on any atom is -0.380 e. The predicted octanol–water partition coefficient (Wildman–Crippen LogP) is 4.57. The Bertz CT molecular complexity index is 1250. The first-order valence-electron chi connectivity index (χ1n) is 11.6. The van der Waals surface area contributed by atoms with Crippen LogP contribution in [0, 0.1) is 5.92 Å². The lowest BCUT2D eigenvalue weighted by Gasteiger charge is -2.33. The number of pyridine rings is 1. The number of rotatable bonds is 5. The summed E-state index contributed by atoms with van der Waals surface area (Å²) in [4.78, 5) is 17.3. The zero-order chi connectivity index (χ0) is 27.2. The number of carbonyl (C=O) groups is 1. The SMILES string of the molecule is CN(C(=O)C1CCS(=O)(=O)CC1)C(c1ccc(NC2Cc3cccc(C(F)(F)F)c3C2)cn1)C(F)(F)F. The van der Waals surface area contributed by atoms with Crippen LogP contribution in [0.25, 0.3) is 0 Å². The van der Waals surface area contributed by atoms with Crippen LogP contribution in [0.2, 0.25) is 0 Å². The van der Waals surface area contributed by atoms with Crippen molar-refractivity contribution in [3.05, 3.63) is 58.9 Å². The van der Waals surface area contributed by atoms with E-state index in [4.69, 9.17) is 0 Å². The molecule has 4 rings (SSSR count). The number of alkyl halides is 6. The van der Waals surface area contributed by atoms with Gasteiger partial charge in [-0.2, -0.15) is 26.3 Å². The first kappa shape index (κ1) is 27.2. The lowest BCUT2D eigenvalue weighted by molar-refractivity contribution is -0.191. The molecule has 1 fully saturated rings. The van der Waals surface area contributed by atoms with E-state index in [1.807, 2.05) is 0 Å². The molecule has 1 aliphatic carbocycles. The van der Waals surface area contributed by atoms with Crippen LogP contribution in [-0.2, 0) is 33.6 Å². The van der Waals surface area contributed by atoms with Gasteiger partial charge in [0, 0.05) is 19.0 Å². The molecule has 2 aliphatic rings. The van der Waals surface area contributed by atoms with Crippen molar-refractivity contribution in [2.45, 2.75) is 50.1 Å². The number of amides is 1. The molecule has 0 saturated carbocycles. The summed E-state index contributed by atoms with van der Waals surface area (Å²) in [6.07, 6.45) is -7.81. The average molecular weight is 550 g/mol. The van der Waals surface area contributed by atoms with E-state index in [1.165, 1.54) is 12.1 Å². The van der Waals surface area contributed by atoms with Gasteiger partial charge in [0.1, 0.15) is 9.84 Å². The number of aromatic nitrogens is 1. The molecule has 1 amide bonds. The molecule has 0 bridgehead atoms. The minimum atomic E-state index is -4.84. The Morgan fingerprint density at radius 3 is 2.30 bits per heavy atom. The fourth-order valence-corrected chi connectivity index (χ4v) is 6.54. The summed E-state index contributed by atoms with van der Waals surface area (Å²) in [5.41, 5.74) is -0.0254. The second-order valence-electron chi connectivity index (χ2n) is 9.48. The van der Waals surface area contributed by atoms with Crippen LogP contribution in [0.4, 0.5) is 32.0 Å². The fraction of sp³-hybridized carbons (Fsp3) is 0.500. The number of hydrogen-bond donors (Lipinski definition) is 1. The van der Waals surface area contributed by atoms with E-state index < -0.39 is 57.4 Å². The number of nitrogens with zero attached hydrogens (tertiary/aromatic N) is 2. The molecular formula is C24H25F6N3O3S. The van der Waals surface area contributed by atoms with Gasteiger partial charge in [-0.05, 0) is 55.0 Å². The van der Waals surface area contributed by atoms with Crippen molar-refractivity contribution in [3.63, 3.8) is 0 Å². The van der Waals surface area contributed by atoms with Gasteiger partial charge in [-0.1, -0.05) is 12.1 Å². The predicted molar refractivity (Wildman–Crippen MR) is 123 cm³/mol. The number of carbonyl (C=O) groups excluding carboxylic acids is 1. The maximum atomic E-state index is 14.0. The van der Waals surface area contributed by atoms with Crippen molar-refractivity contribution in [1.82, 2.24) is 9.88 Å². The highest BCUT2D eigenvalue weighted by atomic mass is 32.2. The summed E-state index contributed by atoms with van der Waals surface area (Å²) in [6, 6.07) is 3.74. The standard InChI is InChI=1S/C24H25F6N3O3S/c1-33(22(34)14-7-9-37(35,36)10-8-14)21(24(28,29)30)20-6-5-16(13-31-20)32-17-11-15-3-2-4-19(18(15)12-17)23(25,26)27/h2-6,13-14,17,21,32H,7-12H2,1H3. The molecule has 2 atom stereocenters. The van der Waals surface area contributed by atoms with Crippen molar-refractivity contribution in [3.8, 4) is 0 Å². The van der Waals surface area contributed by atoms with E-state index in [0.29, 0.717) is 22.6 Å². The number of hydrogen-bond acceptors (Lipinski definition) is 5. The minimum absolute atomic E-state index is 0.0355. The second kappa shape index (κ2) is 9.80. The van der Waals surface area contributed by atoms with Crippen LogP contribution in [0.15, 0.2) is 36.5 Å². The highest BCUT2D eigenvalue weighted by molar-refractivity contribution is 7.91. The third-order valence-corrected chi connectivity index (χ3v) is 8.60. The molecule has 2 aromatic rings. The zero-order valence-corrected chi connectivity index (χ0v) is 20.6. The van der Waals surface area contributed by atoms with Gasteiger partial charge in [-0.15, -0.1) is 0 Å². The van der Waals surface area contributed by atoms with Crippen LogP contribution >= 0.6 is 0 Å². The van der Waals surface area contributed by atoms with E-state index in [1.54, 1.807) is 6.07 Å². The maximum Gasteiger partial charge on any atom is 0.416 e. The summed E-state index contributed by atoms with van der Waals surface area (Å²) < 4.78 is 105. The molecule has 1 aromatic carbocycles. The van der Waals surface area contributed by atoms with E-state index in [2.05, 4.69) is 10.3 Å². The maximum absolute atomic E-state index is 14.0. The molecule has 1 N–H and O–H groups in total. The van der Waals surface area contributed by atoms with Gasteiger partial charge in [0.15, 0.2) is 6.04 Å². The average Bonchev–Trinajstić information content (AvgIpc) is 3.20. The molecule has 13 heteroatoms. The number of halogens is 6.